The molecular weight excluding hydrogens is 352 g/mol. The minimum absolute atomic E-state index is 0.280. The molecule has 2 aromatic carbocycles. The number of benzene rings is 2. The first kappa shape index (κ1) is 19.9. The van der Waals surface area contributed by atoms with Crippen molar-refractivity contribution < 1.29 is 24.7 Å². The summed E-state index contributed by atoms with van der Waals surface area (Å²) >= 11 is 0. The Bertz CT molecular complexity index is 819. The molecule has 0 aliphatic heterocycles. The molecule has 0 saturated carbocycles. The highest BCUT2D eigenvalue weighted by Crippen LogP contribution is 2.22. The lowest BCUT2D eigenvalue weighted by Crippen LogP contribution is -2.51. The van der Waals surface area contributed by atoms with Crippen molar-refractivity contribution in [2.24, 2.45) is 5.73 Å². The van der Waals surface area contributed by atoms with Crippen LogP contribution >= 0.6 is 0 Å². The number of carbonyl (C=O) groups excluding carboxylic acids is 3. The van der Waals surface area contributed by atoms with Crippen LogP contribution < -0.4 is 21.8 Å². The molecule has 0 heterocycles. The number of amides is 4. The number of rotatable bonds is 6. The van der Waals surface area contributed by atoms with E-state index in [-0.39, 0.29) is 5.56 Å². The molecule has 142 valence electrons. The van der Waals surface area contributed by atoms with Crippen molar-refractivity contribution in [3.8, 4) is 11.1 Å². The zero-order valence-electron chi connectivity index (χ0n) is 14.5. The predicted octanol–water partition coefficient (Wildman–Crippen LogP) is 0.829. The van der Waals surface area contributed by atoms with Gasteiger partial charge in [-0.1, -0.05) is 24.3 Å². The Morgan fingerprint density at radius 3 is 1.93 bits per heavy atom. The molecule has 0 saturated heterocycles. The number of carbonyl (C=O) groups is 3. The van der Waals surface area contributed by atoms with Crippen molar-refractivity contribution in [1.82, 2.24) is 10.8 Å². The third kappa shape index (κ3) is 5.27. The lowest BCUT2D eigenvalue weighted by Gasteiger charge is -2.19. The van der Waals surface area contributed by atoms with Gasteiger partial charge in [-0.2, -0.15) is 0 Å². The number of aliphatic hydroxyl groups is 1. The first-order chi connectivity index (χ1) is 12.8. The number of primary amides is 1. The minimum Gasteiger partial charge on any atom is -0.391 e. The fourth-order valence-corrected chi connectivity index (χ4v) is 2.40. The number of hydroxylamine groups is 1. The number of hydrogen-bond donors (Lipinski definition) is 6. The Labute approximate surface area is 155 Å². The van der Waals surface area contributed by atoms with Crippen molar-refractivity contribution >= 4 is 23.5 Å². The van der Waals surface area contributed by atoms with Crippen LogP contribution in [0, 0.1) is 0 Å². The molecule has 0 aliphatic rings. The van der Waals surface area contributed by atoms with E-state index in [2.05, 4.69) is 10.6 Å². The van der Waals surface area contributed by atoms with Crippen LogP contribution in [0.25, 0.3) is 11.1 Å². The summed E-state index contributed by atoms with van der Waals surface area (Å²) in [5.74, 6) is -1.49. The summed E-state index contributed by atoms with van der Waals surface area (Å²) in [5, 5.41) is 23.1. The molecule has 0 fully saturated rings. The van der Waals surface area contributed by atoms with Gasteiger partial charge < -0.3 is 21.5 Å². The van der Waals surface area contributed by atoms with Gasteiger partial charge in [0, 0.05) is 11.3 Å². The number of urea groups is 1. The maximum Gasteiger partial charge on any atom is 0.316 e. The van der Waals surface area contributed by atoms with Gasteiger partial charge in [0.2, 0.25) is 0 Å². The Balaban J connectivity index is 2.11. The maximum absolute atomic E-state index is 12.2. The molecular formula is C18H20N4O5. The second-order valence-corrected chi connectivity index (χ2v) is 5.81. The van der Waals surface area contributed by atoms with E-state index in [0.29, 0.717) is 5.69 Å². The molecule has 0 spiro atoms. The number of nitrogens with two attached hydrogens (primary N) is 1. The molecule has 0 aromatic heterocycles. The van der Waals surface area contributed by atoms with Crippen LogP contribution in [0.3, 0.4) is 0 Å². The highest BCUT2D eigenvalue weighted by atomic mass is 16.5. The zero-order valence-corrected chi connectivity index (χ0v) is 14.5. The molecule has 7 N–H and O–H groups in total. The average Bonchev–Trinajstić information content (AvgIpc) is 2.65. The zero-order chi connectivity index (χ0) is 20.0. The summed E-state index contributed by atoms with van der Waals surface area (Å²) in [6.07, 6.45) is -1.19. The van der Waals surface area contributed by atoms with Crippen LogP contribution in [0.4, 0.5) is 10.5 Å². The topological polar surface area (TPSA) is 154 Å². The second kappa shape index (κ2) is 8.79. The van der Waals surface area contributed by atoms with Crippen LogP contribution in [0.2, 0.25) is 0 Å². The summed E-state index contributed by atoms with van der Waals surface area (Å²) in [7, 11) is 0. The Hall–Kier alpha value is -3.43. The molecule has 27 heavy (non-hydrogen) atoms. The molecule has 9 heteroatoms. The van der Waals surface area contributed by atoms with Crippen LogP contribution in [0.1, 0.15) is 17.3 Å². The van der Waals surface area contributed by atoms with Crippen LogP contribution in [-0.2, 0) is 4.79 Å². The van der Waals surface area contributed by atoms with Crippen LogP contribution in [-0.4, -0.2) is 40.3 Å². The van der Waals surface area contributed by atoms with Gasteiger partial charge in [0.05, 0.1) is 6.10 Å². The molecule has 0 unspecified atom stereocenters. The van der Waals surface area contributed by atoms with E-state index in [9.17, 15) is 19.5 Å². The summed E-state index contributed by atoms with van der Waals surface area (Å²) in [4.78, 5) is 34.5. The molecule has 2 rings (SSSR count). The number of nitrogens with one attached hydrogen (secondary N) is 3. The van der Waals surface area contributed by atoms with E-state index < -0.39 is 30.0 Å². The first-order valence-corrected chi connectivity index (χ1v) is 8.01. The molecule has 4 amide bonds. The largest absolute Gasteiger partial charge is 0.391 e. The first-order valence-electron chi connectivity index (χ1n) is 8.01. The van der Waals surface area contributed by atoms with E-state index in [1.165, 1.54) is 12.4 Å². The second-order valence-electron chi connectivity index (χ2n) is 5.81. The highest BCUT2D eigenvalue weighted by Gasteiger charge is 2.25. The molecule has 0 aliphatic carbocycles. The van der Waals surface area contributed by atoms with Gasteiger partial charge >= 0.3 is 6.03 Å². The van der Waals surface area contributed by atoms with Crippen LogP contribution in [0.15, 0.2) is 48.5 Å². The highest BCUT2D eigenvalue weighted by molar-refractivity contribution is 5.98. The smallest absolute Gasteiger partial charge is 0.316 e. The third-order valence-corrected chi connectivity index (χ3v) is 3.79. The van der Waals surface area contributed by atoms with Crippen molar-refractivity contribution in [1.29, 1.82) is 0 Å². The van der Waals surface area contributed by atoms with E-state index in [0.717, 1.165) is 11.1 Å². The number of hydrogen-bond acceptors (Lipinski definition) is 5. The van der Waals surface area contributed by atoms with Gasteiger partial charge in [-0.3, -0.25) is 14.8 Å². The molecule has 2 aromatic rings. The SMILES string of the molecule is C[C@@H](O)[C@H](NC(=O)c1ccc(-c2ccc(NC(N)=O)cc2)cc1)C(=O)NO. The monoisotopic (exact) mass is 372 g/mol. The Kier molecular flexibility index (Phi) is 6.47. The van der Waals surface area contributed by atoms with Gasteiger partial charge in [0.25, 0.3) is 11.8 Å². The van der Waals surface area contributed by atoms with Crippen molar-refractivity contribution in [3.05, 3.63) is 54.1 Å². The lowest BCUT2D eigenvalue weighted by atomic mass is 10.0. The Morgan fingerprint density at radius 1 is 0.963 bits per heavy atom. The molecule has 9 nitrogen and oxygen atoms in total. The maximum atomic E-state index is 12.2. The lowest BCUT2D eigenvalue weighted by molar-refractivity contribution is -0.133. The van der Waals surface area contributed by atoms with Crippen LogP contribution in [0.5, 0.6) is 0 Å². The van der Waals surface area contributed by atoms with Gasteiger partial charge in [0.15, 0.2) is 0 Å². The number of anilines is 1. The van der Waals surface area contributed by atoms with Crippen molar-refractivity contribution in [3.63, 3.8) is 0 Å². The van der Waals surface area contributed by atoms with Crippen molar-refractivity contribution in [2.45, 2.75) is 19.1 Å². The van der Waals surface area contributed by atoms with Gasteiger partial charge in [0.1, 0.15) is 6.04 Å². The van der Waals surface area contributed by atoms with E-state index in [1.807, 2.05) is 0 Å². The summed E-state index contributed by atoms with van der Waals surface area (Å²) in [5.41, 5.74) is 8.99. The van der Waals surface area contributed by atoms with E-state index in [1.54, 1.807) is 48.5 Å². The van der Waals surface area contributed by atoms with E-state index in [4.69, 9.17) is 10.9 Å². The minimum atomic E-state index is -1.28. The number of aliphatic hydroxyl groups excluding tert-OH is 1. The quantitative estimate of drug-likeness (QED) is 0.327. The Morgan fingerprint density at radius 2 is 1.48 bits per heavy atom. The fourth-order valence-electron chi connectivity index (χ4n) is 2.40. The molecule has 0 bridgehead atoms. The normalized spacial score (nSPS) is 12.6. The van der Waals surface area contributed by atoms with Gasteiger partial charge in [-0.15, -0.1) is 0 Å². The molecule has 0 radical (unpaired) electrons. The predicted molar refractivity (Wildman–Crippen MR) is 97.9 cm³/mol. The van der Waals surface area contributed by atoms with Gasteiger partial charge in [-0.25, -0.2) is 10.3 Å². The third-order valence-electron chi connectivity index (χ3n) is 3.79. The summed E-state index contributed by atoms with van der Waals surface area (Å²) in [6.45, 7) is 1.32. The van der Waals surface area contributed by atoms with E-state index >= 15 is 0 Å². The average molecular weight is 372 g/mol. The fraction of sp³-hybridized carbons (Fsp3) is 0.167. The summed E-state index contributed by atoms with van der Waals surface area (Å²) < 4.78 is 0. The van der Waals surface area contributed by atoms with Gasteiger partial charge in [-0.05, 0) is 42.3 Å². The van der Waals surface area contributed by atoms with Crippen molar-refractivity contribution in [2.75, 3.05) is 5.32 Å². The molecule has 2 atom stereocenters. The standard InChI is InChI=1S/C18H20N4O5/c1-10(23)15(17(25)22-27)21-16(24)13-4-2-11(3-5-13)12-6-8-14(9-7-12)20-18(19)26/h2-10,15,23,27H,1H3,(H,21,24)(H,22,25)(H3,19,20,26)/t10-,15+/m1/s1. The summed E-state index contributed by atoms with van der Waals surface area (Å²) in [6, 6.07) is 11.6.